The van der Waals surface area contributed by atoms with Gasteiger partial charge < -0.3 is 14.8 Å². The van der Waals surface area contributed by atoms with Gasteiger partial charge in [0.25, 0.3) is 0 Å². The number of carbonyl (C=O) groups excluding carboxylic acids is 2. The second-order valence-electron chi connectivity index (χ2n) is 5.73. The van der Waals surface area contributed by atoms with Crippen molar-refractivity contribution >= 4 is 11.9 Å². The van der Waals surface area contributed by atoms with E-state index >= 15 is 0 Å². The van der Waals surface area contributed by atoms with Gasteiger partial charge in [-0.1, -0.05) is 6.07 Å². The molecule has 7 nitrogen and oxygen atoms in total. The summed E-state index contributed by atoms with van der Waals surface area (Å²) in [6, 6.07) is 5.01. The number of ether oxygens (including phenoxy) is 2. The lowest BCUT2D eigenvalue weighted by atomic mass is 10.1. The van der Waals surface area contributed by atoms with Crippen LogP contribution in [-0.4, -0.2) is 61.6 Å². The summed E-state index contributed by atoms with van der Waals surface area (Å²) in [4.78, 5) is 27.2. The first-order valence-corrected chi connectivity index (χ1v) is 8.07. The Balaban J connectivity index is 2.04. The van der Waals surface area contributed by atoms with Crippen molar-refractivity contribution in [3.8, 4) is 11.5 Å². The average Bonchev–Trinajstić information content (AvgIpc) is 3.01. The van der Waals surface area contributed by atoms with Crippen LogP contribution in [0.15, 0.2) is 18.2 Å². The van der Waals surface area contributed by atoms with Gasteiger partial charge in [0.15, 0.2) is 11.5 Å². The predicted octanol–water partition coefficient (Wildman–Crippen LogP) is 1.47. The summed E-state index contributed by atoms with van der Waals surface area (Å²) in [5.41, 5.74) is 1.00. The van der Waals surface area contributed by atoms with Crippen molar-refractivity contribution in [2.24, 2.45) is 0 Å². The molecule has 1 aromatic carbocycles. The van der Waals surface area contributed by atoms with E-state index in [0.717, 1.165) is 5.56 Å². The van der Waals surface area contributed by atoms with Crippen LogP contribution in [-0.2, 0) is 11.3 Å². The molecule has 1 fully saturated rings. The van der Waals surface area contributed by atoms with Crippen LogP contribution in [0.2, 0.25) is 0 Å². The summed E-state index contributed by atoms with van der Waals surface area (Å²) < 4.78 is 10.9. The maximum absolute atomic E-state index is 12.4. The van der Waals surface area contributed by atoms with E-state index in [4.69, 9.17) is 9.47 Å². The first-order valence-electron chi connectivity index (χ1n) is 8.07. The summed E-state index contributed by atoms with van der Waals surface area (Å²) in [5, 5.41) is 2.64. The molecule has 1 N–H and O–H groups in total. The summed E-state index contributed by atoms with van der Waals surface area (Å²) >= 11 is 0. The molecule has 0 aliphatic carbocycles. The highest BCUT2D eigenvalue weighted by molar-refractivity contribution is 5.98. The highest BCUT2D eigenvalue weighted by atomic mass is 16.5. The molecule has 0 unspecified atom stereocenters. The molecule has 2 rings (SSSR count). The standard InChI is InChI=1S/C17H25N3O4/c1-5-24-14-7-6-13(10-15(14)23-4)11-19(3)12(2)16(21)20-9-8-18-17(20)22/h6-7,10,12H,5,8-9,11H2,1-4H3,(H,18,22)/t12-/m1/s1. The number of rotatable bonds is 7. The molecule has 0 radical (unpaired) electrons. The maximum atomic E-state index is 12.4. The van der Waals surface area contributed by atoms with Crippen LogP contribution in [0.25, 0.3) is 0 Å². The Bertz CT molecular complexity index is 605. The average molecular weight is 335 g/mol. The second kappa shape index (κ2) is 8.01. The van der Waals surface area contributed by atoms with Crippen LogP contribution in [0.5, 0.6) is 11.5 Å². The van der Waals surface area contributed by atoms with Gasteiger partial charge in [-0.2, -0.15) is 0 Å². The number of carbonyl (C=O) groups is 2. The minimum Gasteiger partial charge on any atom is -0.493 e. The normalized spacial score (nSPS) is 15.4. The first kappa shape index (κ1) is 18.1. The fourth-order valence-corrected chi connectivity index (χ4v) is 2.61. The quantitative estimate of drug-likeness (QED) is 0.817. The SMILES string of the molecule is CCOc1ccc(CN(C)[C@H](C)C(=O)N2CCNC2=O)cc1OC. The van der Waals surface area contributed by atoms with Gasteiger partial charge in [-0.3, -0.25) is 14.6 Å². The lowest BCUT2D eigenvalue weighted by Crippen LogP contribution is -2.46. The number of hydrogen-bond acceptors (Lipinski definition) is 5. The minimum absolute atomic E-state index is 0.189. The molecule has 3 amide bonds. The van der Waals surface area contributed by atoms with E-state index in [2.05, 4.69) is 5.32 Å². The molecule has 1 aromatic rings. The number of imide groups is 1. The molecule has 24 heavy (non-hydrogen) atoms. The highest BCUT2D eigenvalue weighted by Crippen LogP contribution is 2.28. The van der Waals surface area contributed by atoms with Gasteiger partial charge in [-0.05, 0) is 38.6 Å². The Morgan fingerprint density at radius 1 is 1.42 bits per heavy atom. The van der Waals surface area contributed by atoms with Crippen LogP contribution < -0.4 is 14.8 Å². The Hall–Kier alpha value is -2.28. The Kier molecular flexibility index (Phi) is 6.03. The topological polar surface area (TPSA) is 71.1 Å². The first-order chi connectivity index (χ1) is 11.5. The van der Waals surface area contributed by atoms with Crippen molar-refractivity contribution in [1.82, 2.24) is 15.1 Å². The molecule has 0 saturated carbocycles. The van der Waals surface area contributed by atoms with Crippen LogP contribution in [0.3, 0.4) is 0 Å². The van der Waals surface area contributed by atoms with Crippen LogP contribution in [0.1, 0.15) is 19.4 Å². The third-order valence-electron chi connectivity index (χ3n) is 4.10. The highest BCUT2D eigenvalue weighted by Gasteiger charge is 2.31. The summed E-state index contributed by atoms with van der Waals surface area (Å²) in [7, 11) is 3.46. The molecule has 1 atom stereocenters. The van der Waals surface area contributed by atoms with E-state index in [0.29, 0.717) is 37.7 Å². The van der Waals surface area contributed by atoms with Crippen molar-refractivity contribution in [1.29, 1.82) is 0 Å². The van der Waals surface area contributed by atoms with E-state index in [1.165, 1.54) is 4.90 Å². The molecule has 0 spiro atoms. The van der Waals surface area contributed by atoms with Gasteiger partial charge >= 0.3 is 6.03 Å². The number of likely N-dealkylation sites (N-methyl/N-ethyl adjacent to an activating group) is 1. The fraction of sp³-hybridized carbons (Fsp3) is 0.529. The molecule has 1 saturated heterocycles. The molecular weight excluding hydrogens is 310 g/mol. The monoisotopic (exact) mass is 335 g/mol. The van der Waals surface area contributed by atoms with Crippen molar-refractivity contribution in [2.45, 2.75) is 26.4 Å². The summed E-state index contributed by atoms with van der Waals surface area (Å²) in [6.07, 6.45) is 0. The number of methoxy groups -OCH3 is 1. The molecular formula is C17H25N3O4. The van der Waals surface area contributed by atoms with Crippen molar-refractivity contribution in [3.05, 3.63) is 23.8 Å². The zero-order valence-electron chi connectivity index (χ0n) is 14.7. The predicted molar refractivity (Wildman–Crippen MR) is 90.2 cm³/mol. The number of nitrogens with zero attached hydrogens (tertiary/aromatic N) is 2. The Labute approximate surface area is 142 Å². The van der Waals surface area contributed by atoms with E-state index in [-0.39, 0.29) is 11.9 Å². The van der Waals surface area contributed by atoms with Crippen molar-refractivity contribution < 1.29 is 19.1 Å². The van der Waals surface area contributed by atoms with Crippen LogP contribution in [0, 0.1) is 0 Å². The van der Waals surface area contributed by atoms with Crippen molar-refractivity contribution in [2.75, 3.05) is 33.9 Å². The third kappa shape index (κ3) is 3.97. The number of nitrogens with one attached hydrogen (secondary N) is 1. The molecule has 132 valence electrons. The van der Waals surface area contributed by atoms with Crippen LogP contribution >= 0.6 is 0 Å². The zero-order valence-corrected chi connectivity index (χ0v) is 14.7. The van der Waals surface area contributed by atoms with Gasteiger partial charge in [0, 0.05) is 19.6 Å². The summed E-state index contributed by atoms with van der Waals surface area (Å²) in [5.74, 6) is 1.18. The summed E-state index contributed by atoms with van der Waals surface area (Å²) in [6.45, 7) is 5.79. The molecule has 7 heteroatoms. The molecule has 0 bridgehead atoms. The van der Waals surface area contributed by atoms with Crippen LogP contribution in [0.4, 0.5) is 4.79 Å². The van der Waals surface area contributed by atoms with Gasteiger partial charge in [0.05, 0.1) is 19.8 Å². The zero-order chi connectivity index (χ0) is 17.7. The van der Waals surface area contributed by atoms with Gasteiger partial charge in [0.1, 0.15) is 0 Å². The number of benzene rings is 1. The maximum Gasteiger partial charge on any atom is 0.324 e. The number of amides is 3. The smallest absolute Gasteiger partial charge is 0.324 e. The van der Waals surface area contributed by atoms with Crippen molar-refractivity contribution in [3.63, 3.8) is 0 Å². The molecule has 1 aliphatic heterocycles. The van der Waals surface area contributed by atoms with E-state index in [1.807, 2.05) is 37.1 Å². The second-order valence-corrected chi connectivity index (χ2v) is 5.73. The molecule has 1 heterocycles. The Morgan fingerprint density at radius 2 is 2.17 bits per heavy atom. The lowest BCUT2D eigenvalue weighted by molar-refractivity contribution is -0.132. The minimum atomic E-state index is -0.397. The van der Waals surface area contributed by atoms with E-state index in [9.17, 15) is 9.59 Å². The molecule has 1 aliphatic rings. The fourth-order valence-electron chi connectivity index (χ4n) is 2.61. The third-order valence-corrected chi connectivity index (χ3v) is 4.10. The lowest BCUT2D eigenvalue weighted by Gasteiger charge is -2.26. The number of urea groups is 1. The van der Waals surface area contributed by atoms with Gasteiger partial charge in [-0.25, -0.2) is 4.79 Å². The Morgan fingerprint density at radius 3 is 2.75 bits per heavy atom. The van der Waals surface area contributed by atoms with Gasteiger partial charge in [-0.15, -0.1) is 0 Å². The largest absolute Gasteiger partial charge is 0.493 e. The number of hydrogen-bond donors (Lipinski definition) is 1. The van der Waals surface area contributed by atoms with E-state index < -0.39 is 6.04 Å². The van der Waals surface area contributed by atoms with Gasteiger partial charge in [0.2, 0.25) is 5.91 Å². The van der Waals surface area contributed by atoms with E-state index in [1.54, 1.807) is 14.0 Å². The molecule has 0 aromatic heterocycles.